The van der Waals surface area contributed by atoms with Gasteiger partial charge < -0.3 is 14.6 Å². The molecule has 134 valence electrons. The van der Waals surface area contributed by atoms with E-state index in [2.05, 4.69) is 15.3 Å². The minimum atomic E-state index is -0.834. The van der Waals surface area contributed by atoms with Gasteiger partial charge in [0.05, 0.1) is 6.33 Å². The molecule has 0 unspecified atom stereocenters. The molecule has 0 radical (unpaired) electrons. The highest BCUT2D eigenvalue weighted by Crippen LogP contribution is 2.26. The summed E-state index contributed by atoms with van der Waals surface area (Å²) < 4.78 is 33.9. The first-order valence-corrected chi connectivity index (χ1v) is 7.86. The molecule has 0 aliphatic rings. The monoisotopic (exact) mass is 358 g/mol. The number of hydrogen-bond acceptors (Lipinski definition) is 4. The van der Waals surface area contributed by atoms with Gasteiger partial charge in [-0.05, 0) is 25.1 Å². The van der Waals surface area contributed by atoms with Crippen molar-refractivity contribution in [1.29, 1.82) is 0 Å². The van der Waals surface area contributed by atoms with E-state index in [1.54, 1.807) is 42.3 Å². The van der Waals surface area contributed by atoms with Crippen LogP contribution in [0, 0.1) is 11.6 Å². The van der Waals surface area contributed by atoms with E-state index in [4.69, 9.17) is 4.74 Å². The second kappa shape index (κ2) is 7.73. The van der Waals surface area contributed by atoms with Crippen LogP contribution in [0.3, 0.4) is 0 Å². The fraction of sp³-hybridized carbons (Fsp3) is 0.167. The Kier molecular flexibility index (Phi) is 5.21. The van der Waals surface area contributed by atoms with Gasteiger partial charge in [0.15, 0.2) is 11.6 Å². The molecule has 0 saturated carbocycles. The predicted octanol–water partition coefficient (Wildman–Crippen LogP) is 3.23. The maximum atomic E-state index is 13.8. The zero-order valence-corrected chi connectivity index (χ0v) is 13.9. The maximum Gasteiger partial charge on any atom is 0.243 e. The van der Waals surface area contributed by atoms with Gasteiger partial charge in [0.25, 0.3) is 0 Å². The number of carbonyl (C=O) groups excluding carboxylic acids is 1. The lowest BCUT2D eigenvalue weighted by atomic mass is 10.2. The summed E-state index contributed by atoms with van der Waals surface area (Å²) in [5, 5.41) is 2.78. The van der Waals surface area contributed by atoms with Crippen molar-refractivity contribution in [3.63, 3.8) is 0 Å². The number of halogens is 2. The first kappa shape index (κ1) is 17.5. The zero-order valence-electron chi connectivity index (χ0n) is 13.9. The van der Waals surface area contributed by atoms with E-state index < -0.39 is 17.7 Å². The molecule has 26 heavy (non-hydrogen) atoms. The highest BCUT2D eigenvalue weighted by Gasteiger charge is 2.16. The number of benzene rings is 1. The molecule has 3 aromatic rings. The van der Waals surface area contributed by atoms with Crippen LogP contribution in [0.2, 0.25) is 0 Å². The Morgan fingerprint density at radius 2 is 2.15 bits per heavy atom. The van der Waals surface area contributed by atoms with Gasteiger partial charge in [-0.2, -0.15) is 0 Å². The zero-order chi connectivity index (χ0) is 18.5. The van der Waals surface area contributed by atoms with Crippen LogP contribution in [0.1, 0.15) is 18.5 Å². The van der Waals surface area contributed by atoms with Crippen LogP contribution < -0.4 is 10.1 Å². The predicted molar refractivity (Wildman–Crippen MR) is 89.5 cm³/mol. The Morgan fingerprint density at radius 3 is 2.88 bits per heavy atom. The topological polar surface area (TPSA) is 69.0 Å². The van der Waals surface area contributed by atoms with E-state index in [1.807, 2.05) is 0 Å². The Labute approximate surface area is 148 Å². The number of aromatic nitrogens is 3. The Balaban J connectivity index is 1.70. The molecule has 0 fully saturated rings. The van der Waals surface area contributed by atoms with Gasteiger partial charge in [0.1, 0.15) is 11.9 Å². The lowest BCUT2D eigenvalue weighted by Gasteiger charge is -2.15. The third kappa shape index (κ3) is 4.02. The van der Waals surface area contributed by atoms with Crippen LogP contribution in [-0.2, 0) is 11.3 Å². The van der Waals surface area contributed by atoms with Gasteiger partial charge in [-0.3, -0.25) is 4.79 Å². The lowest BCUT2D eigenvalue weighted by Crippen LogP contribution is -2.30. The van der Waals surface area contributed by atoms with Gasteiger partial charge in [0.2, 0.25) is 11.8 Å². The number of imidazole rings is 1. The number of hydrogen-bond donors (Lipinski definition) is 1. The van der Waals surface area contributed by atoms with E-state index in [1.165, 1.54) is 12.3 Å². The number of pyridine rings is 1. The van der Waals surface area contributed by atoms with E-state index in [9.17, 15) is 13.6 Å². The van der Waals surface area contributed by atoms with Gasteiger partial charge >= 0.3 is 0 Å². The smallest absolute Gasteiger partial charge is 0.243 e. The standard InChI is InChI=1S/C18H16F2N4O2/c1-12(24-8-7-21-11-24)17(25)23-10-13-3-2-6-22-18(13)26-16-5-4-14(19)9-15(16)20/h2-9,11-12H,10H2,1H3,(H,23,25)/t12-/m1/s1. The van der Waals surface area contributed by atoms with Crippen molar-refractivity contribution in [3.8, 4) is 11.6 Å². The number of amides is 1. The van der Waals surface area contributed by atoms with Gasteiger partial charge in [0, 0.05) is 36.8 Å². The van der Waals surface area contributed by atoms with Crippen LogP contribution in [0.5, 0.6) is 11.6 Å². The average molecular weight is 358 g/mol. The maximum absolute atomic E-state index is 13.8. The minimum Gasteiger partial charge on any atom is -0.436 e. The molecule has 2 heterocycles. The molecule has 1 atom stereocenters. The van der Waals surface area contributed by atoms with Crippen molar-refractivity contribution in [1.82, 2.24) is 19.9 Å². The number of nitrogens with zero attached hydrogens (tertiary/aromatic N) is 3. The molecular formula is C18H16F2N4O2. The van der Waals surface area contributed by atoms with Crippen LogP contribution in [0.15, 0.2) is 55.2 Å². The Bertz CT molecular complexity index is 900. The SMILES string of the molecule is C[C@H](C(=O)NCc1cccnc1Oc1ccc(F)cc1F)n1ccnc1. The Morgan fingerprint density at radius 1 is 1.31 bits per heavy atom. The summed E-state index contributed by atoms with van der Waals surface area (Å²) in [7, 11) is 0. The Hall–Kier alpha value is -3.29. The van der Waals surface area contributed by atoms with Gasteiger partial charge in [-0.1, -0.05) is 6.07 Å². The lowest BCUT2D eigenvalue weighted by molar-refractivity contribution is -0.124. The van der Waals surface area contributed by atoms with Gasteiger partial charge in [-0.15, -0.1) is 0 Å². The van der Waals surface area contributed by atoms with Crippen molar-refractivity contribution < 1.29 is 18.3 Å². The molecule has 6 nitrogen and oxygen atoms in total. The number of carbonyl (C=O) groups is 1. The number of ether oxygens (including phenoxy) is 1. The van der Waals surface area contributed by atoms with Crippen LogP contribution in [-0.4, -0.2) is 20.4 Å². The molecule has 0 aliphatic heterocycles. The molecule has 1 aromatic carbocycles. The summed E-state index contributed by atoms with van der Waals surface area (Å²) in [6.45, 7) is 1.88. The van der Waals surface area contributed by atoms with Crippen molar-refractivity contribution in [2.75, 3.05) is 0 Å². The summed E-state index contributed by atoms with van der Waals surface area (Å²) in [6.07, 6.45) is 6.32. The first-order chi connectivity index (χ1) is 12.5. The van der Waals surface area contributed by atoms with E-state index in [-0.39, 0.29) is 24.1 Å². The summed E-state index contributed by atoms with van der Waals surface area (Å²) in [5.74, 6) is -1.76. The van der Waals surface area contributed by atoms with E-state index in [0.29, 0.717) is 5.56 Å². The molecule has 0 saturated heterocycles. The van der Waals surface area contributed by atoms with Crippen LogP contribution in [0.4, 0.5) is 8.78 Å². The average Bonchev–Trinajstić information content (AvgIpc) is 3.17. The fourth-order valence-electron chi connectivity index (χ4n) is 2.28. The quantitative estimate of drug-likeness (QED) is 0.735. The molecule has 1 N–H and O–H groups in total. The third-order valence-corrected chi connectivity index (χ3v) is 3.76. The largest absolute Gasteiger partial charge is 0.436 e. The molecule has 8 heteroatoms. The highest BCUT2D eigenvalue weighted by molar-refractivity contribution is 5.79. The molecular weight excluding hydrogens is 342 g/mol. The van der Waals surface area contributed by atoms with Crippen molar-refractivity contribution in [2.24, 2.45) is 0 Å². The minimum absolute atomic E-state index is 0.133. The molecule has 1 amide bonds. The summed E-state index contributed by atoms with van der Waals surface area (Å²) in [5.41, 5.74) is 0.558. The molecule has 0 spiro atoms. The highest BCUT2D eigenvalue weighted by atomic mass is 19.1. The second-order valence-electron chi connectivity index (χ2n) is 5.55. The van der Waals surface area contributed by atoms with Crippen LogP contribution in [0.25, 0.3) is 0 Å². The summed E-state index contributed by atoms with van der Waals surface area (Å²) in [6, 6.07) is 5.94. The molecule has 0 aliphatic carbocycles. The molecule has 2 aromatic heterocycles. The fourth-order valence-corrected chi connectivity index (χ4v) is 2.28. The van der Waals surface area contributed by atoms with Crippen molar-refractivity contribution in [2.45, 2.75) is 19.5 Å². The van der Waals surface area contributed by atoms with E-state index >= 15 is 0 Å². The summed E-state index contributed by atoms with van der Waals surface area (Å²) >= 11 is 0. The second-order valence-corrected chi connectivity index (χ2v) is 5.55. The normalized spacial score (nSPS) is 11.8. The first-order valence-electron chi connectivity index (χ1n) is 7.86. The van der Waals surface area contributed by atoms with Crippen molar-refractivity contribution in [3.05, 3.63) is 72.4 Å². The number of nitrogens with one attached hydrogen (secondary N) is 1. The molecule has 0 bridgehead atoms. The van der Waals surface area contributed by atoms with Crippen LogP contribution >= 0.6 is 0 Å². The van der Waals surface area contributed by atoms with Gasteiger partial charge in [-0.25, -0.2) is 18.7 Å². The number of rotatable bonds is 6. The van der Waals surface area contributed by atoms with E-state index in [0.717, 1.165) is 12.1 Å². The van der Waals surface area contributed by atoms with Crippen molar-refractivity contribution >= 4 is 5.91 Å². The third-order valence-electron chi connectivity index (χ3n) is 3.76. The molecule has 3 rings (SSSR count). The summed E-state index contributed by atoms with van der Waals surface area (Å²) in [4.78, 5) is 20.2.